The summed E-state index contributed by atoms with van der Waals surface area (Å²) in [6, 6.07) is 3.33. The van der Waals surface area contributed by atoms with Gasteiger partial charge in [-0.2, -0.15) is 0 Å². The first-order valence-electron chi connectivity index (χ1n) is 5.13. The van der Waals surface area contributed by atoms with Crippen molar-refractivity contribution in [3.63, 3.8) is 0 Å². The topological polar surface area (TPSA) is 42.4 Å². The third kappa shape index (κ3) is 2.44. The van der Waals surface area contributed by atoms with Gasteiger partial charge in [0.2, 0.25) is 0 Å². The molecule has 0 N–H and O–H groups in total. The summed E-state index contributed by atoms with van der Waals surface area (Å²) in [5.74, 6) is 0.388. The normalized spacial score (nSPS) is 14.7. The van der Waals surface area contributed by atoms with Gasteiger partial charge in [0, 0.05) is 14.1 Å². The summed E-state index contributed by atoms with van der Waals surface area (Å²) in [6.45, 7) is 0. The predicted molar refractivity (Wildman–Crippen MR) is 60.9 cm³/mol. The van der Waals surface area contributed by atoms with E-state index in [1.807, 2.05) is 0 Å². The summed E-state index contributed by atoms with van der Waals surface area (Å²) in [5.41, 5.74) is 0.332. The van der Waals surface area contributed by atoms with E-state index in [-0.39, 0.29) is 17.2 Å². The fourth-order valence-electron chi connectivity index (χ4n) is 1.22. The second-order valence-electron chi connectivity index (χ2n) is 4.00. The molecule has 0 radical (unpaired) electrons. The Balaban J connectivity index is 2.17. The molecule has 16 heavy (non-hydrogen) atoms. The summed E-state index contributed by atoms with van der Waals surface area (Å²) in [7, 11) is 3.35. The Kier molecular flexibility index (Phi) is 3.01. The van der Waals surface area contributed by atoms with Crippen LogP contribution in [0.3, 0.4) is 0 Å². The molecule has 1 fully saturated rings. The lowest BCUT2D eigenvalue weighted by Gasteiger charge is -2.11. The lowest BCUT2D eigenvalue weighted by atomic mass is 10.3. The molecule has 0 atom stereocenters. The van der Waals surface area contributed by atoms with E-state index in [1.165, 1.54) is 4.90 Å². The van der Waals surface area contributed by atoms with Crippen LogP contribution < -0.4 is 4.74 Å². The van der Waals surface area contributed by atoms with Crippen molar-refractivity contribution >= 4 is 17.5 Å². The minimum Gasteiger partial charge on any atom is -0.487 e. The van der Waals surface area contributed by atoms with Crippen LogP contribution in [0.25, 0.3) is 0 Å². The van der Waals surface area contributed by atoms with Crippen LogP contribution in [0.4, 0.5) is 0 Å². The van der Waals surface area contributed by atoms with Crippen molar-refractivity contribution in [2.24, 2.45) is 0 Å². The quantitative estimate of drug-likeness (QED) is 0.759. The SMILES string of the molecule is CN(C)C(=O)c1ccc(OC2CC2)c(Cl)n1. The number of aromatic nitrogens is 1. The lowest BCUT2D eigenvalue weighted by Crippen LogP contribution is -2.22. The van der Waals surface area contributed by atoms with E-state index in [4.69, 9.17) is 16.3 Å². The Morgan fingerprint density at radius 1 is 1.50 bits per heavy atom. The zero-order valence-corrected chi connectivity index (χ0v) is 9.99. The molecule has 1 aromatic rings. The number of hydrogen-bond donors (Lipinski definition) is 0. The van der Waals surface area contributed by atoms with Gasteiger partial charge in [-0.15, -0.1) is 0 Å². The van der Waals surface area contributed by atoms with E-state index in [1.54, 1.807) is 26.2 Å². The van der Waals surface area contributed by atoms with Crippen molar-refractivity contribution in [3.05, 3.63) is 23.0 Å². The molecule has 4 nitrogen and oxygen atoms in total. The first-order chi connectivity index (χ1) is 7.58. The molecule has 0 aliphatic heterocycles. The number of carbonyl (C=O) groups is 1. The second kappa shape index (κ2) is 4.29. The molecule has 0 aromatic carbocycles. The number of amides is 1. The fraction of sp³-hybridized carbons (Fsp3) is 0.455. The highest BCUT2D eigenvalue weighted by Gasteiger charge is 2.25. The van der Waals surface area contributed by atoms with Crippen molar-refractivity contribution < 1.29 is 9.53 Å². The first kappa shape index (κ1) is 11.2. The summed E-state index contributed by atoms with van der Waals surface area (Å²) in [4.78, 5) is 17.1. The van der Waals surface area contributed by atoms with E-state index in [0.29, 0.717) is 11.4 Å². The van der Waals surface area contributed by atoms with Crippen LogP contribution in [0.1, 0.15) is 23.3 Å². The van der Waals surface area contributed by atoms with Crippen LogP contribution in [0.15, 0.2) is 12.1 Å². The number of ether oxygens (including phenoxy) is 1. The Morgan fingerprint density at radius 2 is 2.19 bits per heavy atom. The molecule has 0 unspecified atom stereocenters. The second-order valence-corrected chi connectivity index (χ2v) is 4.36. The molecule has 1 amide bonds. The van der Waals surface area contributed by atoms with Crippen molar-refractivity contribution in [2.75, 3.05) is 14.1 Å². The highest BCUT2D eigenvalue weighted by Crippen LogP contribution is 2.30. The van der Waals surface area contributed by atoms with Gasteiger partial charge in [-0.05, 0) is 25.0 Å². The average molecular weight is 241 g/mol. The molecule has 1 aliphatic carbocycles. The summed E-state index contributed by atoms with van der Waals surface area (Å²) in [6.07, 6.45) is 2.40. The highest BCUT2D eigenvalue weighted by molar-refractivity contribution is 6.31. The zero-order chi connectivity index (χ0) is 11.7. The van der Waals surface area contributed by atoms with Crippen LogP contribution in [0, 0.1) is 0 Å². The molecular formula is C11H13ClN2O2. The maximum Gasteiger partial charge on any atom is 0.271 e. The molecule has 0 spiro atoms. The van der Waals surface area contributed by atoms with Crippen molar-refractivity contribution in [1.82, 2.24) is 9.88 Å². The fourth-order valence-corrected chi connectivity index (χ4v) is 1.42. The van der Waals surface area contributed by atoms with Gasteiger partial charge in [0.1, 0.15) is 5.69 Å². The smallest absolute Gasteiger partial charge is 0.271 e. The molecule has 1 saturated carbocycles. The van der Waals surface area contributed by atoms with Crippen molar-refractivity contribution in [1.29, 1.82) is 0 Å². The summed E-state index contributed by atoms with van der Waals surface area (Å²) < 4.78 is 5.53. The van der Waals surface area contributed by atoms with Gasteiger partial charge in [0.05, 0.1) is 6.10 Å². The zero-order valence-electron chi connectivity index (χ0n) is 9.24. The Hall–Kier alpha value is -1.29. The number of halogens is 1. The van der Waals surface area contributed by atoms with E-state index in [0.717, 1.165) is 12.8 Å². The van der Waals surface area contributed by atoms with Crippen molar-refractivity contribution in [2.45, 2.75) is 18.9 Å². The van der Waals surface area contributed by atoms with Crippen LogP contribution in [-0.4, -0.2) is 36.0 Å². The molecule has 86 valence electrons. The number of carbonyl (C=O) groups excluding carboxylic acids is 1. The number of nitrogens with zero attached hydrogens (tertiary/aromatic N) is 2. The van der Waals surface area contributed by atoms with Crippen molar-refractivity contribution in [3.8, 4) is 5.75 Å². The lowest BCUT2D eigenvalue weighted by molar-refractivity contribution is 0.0822. The Bertz CT molecular complexity index is 416. The third-order valence-corrected chi connectivity index (χ3v) is 2.53. The van der Waals surface area contributed by atoms with Gasteiger partial charge in [-0.3, -0.25) is 4.79 Å². The molecule has 0 bridgehead atoms. The number of pyridine rings is 1. The van der Waals surface area contributed by atoms with E-state index in [9.17, 15) is 4.79 Å². The predicted octanol–water partition coefficient (Wildman–Crippen LogP) is 1.98. The minimum absolute atomic E-state index is 0.167. The average Bonchev–Trinajstić information content (AvgIpc) is 3.03. The van der Waals surface area contributed by atoms with Crippen LogP contribution in [-0.2, 0) is 0 Å². The van der Waals surface area contributed by atoms with Crippen LogP contribution in [0.2, 0.25) is 5.15 Å². The third-order valence-electron chi connectivity index (χ3n) is 2.26. The molecular weight excluding hydrogens is 228 g/mol. The summed E-state index contributed by atoms with van der Waals surface area (Å²) >= 11 is 5.94. The van der Waals surface area contributed by atoms with Crippen LogP contribution >= 0.6 is 11.6 Å². The van der Waals surface area contributed by atoms with Gasteiger partial charge in [0.15, 0.2) is 10.9 Å². The van der Waals surface area contributed by atoms with Crippen LogP contribution in [0.5, 0.6) is 5.75 Å². The standard InChI is InChI=1S/C11H13ClN2O2/c1-14(2)11(15)8-5-6-9(10(12)13-8)16-7-3-4-7/h5-7H,3-4H2,1-2H3. The van der Waals surface area contributed by atoms with E-state index >= 15 is 0 Å². The Morgan fingerprint density at radius 3 is 2.69 bits per heavy atom. The first-order valence-corrected chi connectivity index (χ1v) is 5.50. The molecule has 2 rings (SSSR count). The molecule has 1 heterocycles. The van der Waals surface area contributed by atoms with Gasteiger partial charge < -0.3 is 9.64 Å². The molecule has 5 heteroatoms. The van der Waals surface area contributed by atoms with Gasteiger partial charge in [-0.25, -0.2) is 4.98 Å². The van der Waals surface area contributed by atoms with E-state index in [2.05, 4.69) is 4.98 Å². The number of hydrogen-bond acceptors (Lipinski definition) is 3. The maximum absolute atomic E-state index is 11.6. The van der Waals surface area contributed by atoms with E-state index < -0.39 is 0 Å². The van der Waals surface area contributed by atoms with Gasteiger partial charge >= 0.3 is 0 Å². The Labute approximate surface area is 99.2 Å². The minimum atomic E-state index is -0.167. The maximum atomic E-state index is 11.6. The summed E-state index contributed by atoms with van der Waals surface area (Å²) in [5, 5.41) is 0.250. The molecule has 1 aromatic heterocycles. The highest BCUT2D eigenvalue weighted by atomic mass is 35.5. The molecule has 1 aliphatic rings. The molecule has 0 saturated heterocycles. The van der Waals surface area contributed by atoms with Gasteiger partial charge in [-0.1, -0.05) is 11.6 Å². The van der Waals surface area contributed by atoms with Gasteiger partial charge in [0.25, 0.3) is 5.91 Å². The largest absolute Gasteiger partial charge is 0.487 e. The number of rotatable bonds is 3. The monoisotopic (exact) mass is 240 g/mol.